The number of rotatable bonds is 6. The van der Waals surface area contributed by atoms with E-state index >= 15 is 0 Å². The van der Waals surface area contributed by atoms with Crippen LogP contribution in [0, 0.1) is 0 Å². The fourth-order valence-electron chi connectivity index (χ4n) is 4.22. The molecule has 0 bridgehead atoms. The van der Waals surface area contributed by atoms with Crippen LogP contribution in [-0.4, -0.2) is 73.7 Å². The van der Waals surface area contributed by atoms with Gasteiger partial charge in [0.2, 0.25) is 15.9 Å². The highest BCUT2D eigenvalue weighted by atomic mass is 32.2. The van der Waals surface area contributed by atoms with Gasteiger partial charge in [-0.1, -0.05) is 26.0 Å². The summed E-state index contributed by atoms with van der Waals surface area (Å²) in [6, 6.07) is 7.12. The lowest BCUT2D eigenvalue weighted by Gasteiger charge is -2.39. The van der Waals surface area contributed by atoms with Gasteiger partial charge in [-0.05, 0) is 56.2 Å². The molecule has 0 aromatic heterocycles. The minimum atomic E-state index is -3.49. The number of carbonyl (C=O) groups excluding carboxylic acids is 1. The summed E-state index contributed by atoms with van der Waals surface area (Å²) in [6.07, 6.45) is 4.40. The summed E-state index contributed by atoms with van der Waals surface area (Å²) in [4.78, 5) is 17.2. The molecule has 1 aromatic rings. The highest BCUT2D eigenvalue weighted by Crippen LogP contribution is 2.23. The molecule has 162 valence electrons. The van der Waals surface area contributed by atoms with E-state index in [-0.39, 0.29) is 11.9 Å². The van der Waals surface area contributed by atoms with Crippen molar-refractivity contribution in [1.29, 1.82) is 0 Å². The maximum atomic E-state index is 13.0. The van der Waals surface area contributed by atoms with Crippen LogP contribution in [0.3, 0.4) is 0 Å². The largest absolute Gasteiger partial charge is 0.341 e. The van der Waals surface area contributed by atoms with Crippen molar-refractivity contribution >= 4 is 15.9 Å². The van der Waals surface area contributed by atoms with Gasteiger partial charge >= 0.3 is 0 Å². The van der Waals surface area contributed by atoms with E-state index in [0.717, 1.165) is 32.4 Å². The van der Waals surface area contributed by atoms with Gasteiger partial charge in [-0.2, -0.15) is 4.31 Å². The minimum Gasteiger partial charge on any atom is -0.341 e. The third-order valence-electron chi connectivity index (χ3n) is 6.55. The summed E-state index contributed by atoms with van der Waals surface area (Å²) in [5.74, 6) is 0.607. The van der Waals surface area contributed by atoms with Crippen molar-refractivity contribution in [3.8, 4) is 0 Å². The van der Waals surface area contributed by atoms with E-state index in [0.29, 0.717) is 37.0 Å². The molecule has 2 saturated heterocycles. The van der Waals surface area contributed by atoms with Crippen LogP contribution in [0.25, 0.3) is 0 Å². The molecule has 0 aliphatic carbocycles. The Kier molecular flexibility index (Phi) is 7.35. The van der Waals surface area contributed by atoms with Gasteiger partial charge in [-0.25, -0.2) is 8.42 Å². The average molecular weight is 422 g/mol. The van der Waals surface area contributed by atoms with Gasteiger partial charge in [-0.15, -0.1) is 0 Å². The van der Waals surface area contributed by atoms with Crippen molar-refractivity contribution in [2.45, 2.75) is 63.3 Å². The average Bonchev–Trinajstić information content (AvgIpc) is 2.78. The first kappa shape index (κ1) is 22.2. The number of benzene rings is 1. The molecule has 29 heavy (non-hydrogen) atoms. The second-order valence-corrected chi connectivity index (χ2v) is 10.3. The first-order chi connectivity index (χ1) is 13.8. The molecule has 2 aliphatic heterocycles. The molecule has 7 heteroatoms. The van der Waals surface area contributed by atoms with Crippen molar-refractivity contribution in [2.24, 2.45) is 0 Å². The van der Waals surface area contributed by atoms with Gasteiger partial charge in [0.05, 0.1) is 10.9 Å². The van der Waals surface area contributed by atoms with Crippen molar-refractivity contribution in [3.05, 3.63) is 29.8 Å². The van der Waals surface area contributed by atoms with E-state index in [1.807, 2.05) is 24.0 Å². The molecule has 1 aromatic carbocycles. The Morgan fingerprint density at radius 2 is 1.52 bits per heavy atom. The molecule has 6 nitrogen and oxygen atoms in total. The smallest absolute Gasteiger partial charge is 0.243 e. The van der Waals surface area contributed by atoms with Crippen LogP contribution in [0.1, 0.15) is 57.9 Å². The molecule has 3 rings (SSSR count). The molecule has 0 unspecified atom stereocenters. The predicted molar refractivity (Wildman–Crippen MR) is 115 cm³/mol. The number of sulfonamides is 1. The number of amides is 1. The third kappa shape index (κ3) is 5.01. The Morgan fingerprint density at radius 3 is 2.07 bits per heavy atom. The highest BCUT2D eigenvalue weighted by Gasteiger charge is 2.33. The van der Waals surface area contributed by atoms with Gasteiger partial charge in [0.25, 0.3) is 0 Å². The summed E-state index contributed by atoms with van der Waals surface area (Å²) < 4.78 is 27.6. The third-order valence-corrected chi connectivity index (χ3v) is 8.46. The fraction of sp³-hybridized carbons (Fsp3) is 0.682. The standard InChI is InChI=1S/C22H35N3O3S/c1-4-18(2)20-8-10-21(11-9-20)29(27,28)25-16-14-23(15-17-25)19(3)22(26)24-12-6-5-7-13-24/h8-11,18-19H,4-7,12-17H2,1-3H3/t18-,19+/m1/s1. The van der Waals surface area contributed by atoms with Crippen LogP contribution in [-0.2, 0) is 14.8 Å². The Balaban J connectivity index is 1.59. The number of nitrogens with zero attached hydrogens (tertiary/aromatic N) is 3. The summed E-state index contributed by atoms with van der Waals surface area (Å²) in [6.45, 7) is 9.96. The zero-order chi connectivity index (χ0) is 21.0. The number of hydrogen-bond donors (Lipinski definition) is 0. The Hall–Kier alpha value is -1.44. The maximum absolute atomic E-state index is 13.0. The van der Waals surface area contributed by atoms with Gasteiger partial charge in [0, 0.05) is 39.3 Å². The molecule has 0 N–H and O–H groups in total. The van der Waals surface area contributed by atoms with E-state index in [1.54, 1.807) is 16.4 Å². The second-order valence-electron chi connectivity index (χ2n) is 8.38. The molecule has 0 radical (unpaired) electrons. The molecule has 2 heterocycles. The zero-order valence-electron chi connectivity index (χ0n) is 18.0. The monoisotopic (exact) mass is 421 g/mol. The molecule has 2 aliphatic rings. The molecular formula is C22H35N3O3S. The molecule has 2 atom stereocenters. The van der Waals surface area contributed by atoms with E-state index in [1.165, 1.54) is 12.0 Å². The van der Waals surface area contributed by atoms with Gasteiger partial charge in [0.1, 0.15) is 0 Å². The van der Waals surface area contributed by atoms with Crippen LogP contribution in [0.5, 0.6) is 0 Å². The van der Waals surface area contributed by atoms with Crippen LogP contribution in [0.4, 0.5) is 0 Å². The SMILES string of the molecule is CC[C@@H](C)c1ccc(S(=O)(=O)N2CCN([C@@H](C)C(=O)N3CCCCC3)CC2)cc1. The lowest BCUT2D eigenvalue weighted by atomic mass is 9.99. The Bertz CT molecular complexity index is 780. The van der Waals surface area contributed by atoms with Crippen molar-refractivity contribution in [3.63, 3.8) is 0 Å². The van der Waals surface area contributed by atoms with E-state index < -0.39 is 10.0 Å². The molecule has 2 fully saturated rings. The van der Waals surface area contributed by atoms with Crippen LogP contribution >= 0.6 is 0 Å². The second kappa shape index (κ2) is 9.58. The van der Waals surface area contributed by atoms with Gasteiger partial charge in [-0.3, -0.25) is 9.69 Å². The fourth-order valence-corrected chi connectivity index (χ4v) is 5.64. The van der Waals surface area contributed by atoms with E-state index in [9.17, 15) is 13.2 Å². The minimum absolute atomic E-state index is 0.182. The number of piperazine rings is 1. The Morgan fingerprint density at radius 1 is 0.931 bits per heavy atom. The summed E-state index contributed by atoms with van der Waals surface area (Å²) in [5.41, 5.74) is 1.17. The Labute approximate surface area is 175 Å². The van der Waals surface area contributed by atoms with Crippen LogP contribution < -0.4 is 0 Å². The predicted octanol–water partition coefficient (Wildman–Crippen LogP) is 2.91. The highest BCUT2D eigenvalue weighted by molar-refractivity contribution is 7.89. The summed E-state index contributed by atoms with van der Waals surface area (Å²) >= 11 is 0. The topological polar surface area (TPSA) is 60.9 Å². The quantitative estimate of drug-likeness (QED) is 0.709. The van der Waals surface area contributed by atoms with Crippen molar-refractivity contribution in [1.82, 2.24) is 14.1 Å². The van der Waals surface area contributed by atoms with Crippen LogP contribution in [0.2, 0.25) is 0 Å². The lowest BCUT2D eigenvalue weighted by Crippen LogP contribution is -2.55. The van der Waals surface area contributed by atoms with Crippen molar-refractivity contribution < 1.29 is 13.2 Å². The van der Waals surface area contributed by atoms with Crippen molar-refractivity contribution in [2.75, 3.05) is 39.3 Å². The van der Waals surface area contributed by atoms with Gasteiger partial charge < -0.3 is 4.90 Å². The number of carbonyl (C=O) groups is 1. The summed E-state index contributed by atoms with van der Waals surface area (Å²) in [5, 5.41) is 0. The number of hydrogen-bond acceptors (Lipinski definition) is 4. The van der Waals surface area contributed by atoms with E-state index in [2.05, 4.69) is 18.7 Å². The molecular weight excluding hydrogens is 386 g/mol. The molecule has 1 amide bonds. The lowest BCUT2D eigenvalue weighted by molar-refractivity contribution is -0.137. The number of likely N-dealkylation sites (tertiary alicyclic amines) is 1. The number of piperidine rings is 1. The first-order valence-corrected chi connectivity index (χ1v) is 12.4. The molecule has 0 spiro atoms. The molecule has 0 saturated carbocycles. The normalized spacial score (nSPS) is 21.7. The zero-order valence-corrected chi connectivity index (χ0v) is 18.8. The first-order valence-electron chi connectivity index (χ1n) is 11.0. The summed E-state index contributed by atoms with van der Waals surface area (Å²) in [7, 11) is -3.49. The maximum Gasteiger partial charge on any atom is 0.243 e. The van der Waals surface area contributed by atoms with Crippen LogP contribution in [0.15, 0.2) is 29.2 Å². The van der Waals surface area contributed by atoms with E-state index in [4.69, 9.17) is 0 Å². The van der Waals surface area contributed by atoms with Gasteiger partial charge in [0.15, 0.2) is 0 Å².